The molecule has 1 amide bonds. The Morgan fingerprint density at radius 3 is 2.76 bits per heavy atom. The Bertz CT molecular complexity index is 768. The van der Waals surface area contributed by atoms with E-state index in [0.717, 1.165) is 5.69 Å². The van der Waals surface area contributed by atoms with E-state index in [1.54, 1.807) is 41.6 Å². The van der Waals surface area contributed by atoms with Gasteiger partial charge < -0.3 is 10.4 Å². The van der Waals surface area contributed by atoms with Gasteiger partial charge in [0.2, 0.25) is 0 Å². The van der Waals surface area contributed by atoms with Crippen LogP contribution in [0.25, 0.3) is 5.69 Å². The minimum atomic E-state index is -0.305. The van der Waals surface area contributed by atoms with Gasteiger partial charge in [-0.05, 0) is 30.3 Å². The Morgan fingerprint density at radius 2 is 2.00 bits per heavy atom. The first-order chi connectivity index (χ1) is 10.2. The molecule has 6 heteroatoms. The number of phenolic OH excluding ortho intramolecular Hbond substituents is 1. The molecule has 0 radical (unpaired) electrons. The van der Waals surface area contributed by atoms with Crippen LogP contribution >= 0.6 is 0 Å². The second-order valence-electron chi connectivity index (χ2n) is 4.38. The predicted molar refractivity (Wildman–Crippen MR) is 77.4 cm³/mol. The summed E-state index contributed by atoms with van der Waals surface area (Å²) in [6, 6.07) is 9.79. The summed E-state index contributed by atoms with van der Waals surface area (Å²) in [6.45, 7) is 0. The lowest BCUT2D eigenvalue weighted by Gasteiger charge is -2.03. The molecule has 0 bridgehead atoms. The van der Waals surface area contributed by atoms with Gasteiger partial charge in [0.1, 0.15) is 5.75 Å². The van der Waals surface area contributed by atoms with Gasteiger partial charge in [0.15, 0.2) is 0 Å². The SMILES string of the molecule is O=C(Nc1cnn(-c2ccncc2)c1)c1cccc(O)c1. The second kappa shape index (κ2) is 5.46. The fourth-order valence-electron chi connectivity index (χ4n) is 1.88. The summed E-state index contributed by atoms with van der Waals surface area (Å²) >= 11 is 0. The summed E-state index contributed by atoms with van der Waals surface area (Å²) in [5.41, 5.74) is 1.80. The molecular weight excluding hydrogens is 268 g/mol. The van der Waals surface area contributed by atoms with Gasteiger partial charge in [-0.3, -0.25) is 9.78 Å². The van der Waals surface area contributed by atoms with Crippen LogP contribution < -0.4 is 5.32 Å². The molecule has 3 rings (SSSR count). The van der Waals surface area contributed by atoms with Gasteiger partial charge in [0, 0.05) is 18.0 Å². The van der Waals surface area contributed by atoms with Crippen LogP contribution in [-0.4, -0.2) is 25.8 Å². The standard InChI is InChI=1S/C15H12N4O2/c20-14-3-1-2-11(8-14)15(21)18-12-9-17-19(10-12)13-4-6-16-7-5-13/h1-10,20H,(H,18,21). The molecule has 0 spiro atoms. The van der Waals surface area contributed by atoms with Gasteiger partial charge >= 0.3 is 0 Å². The number of pyridine rings is 1. The zero-order chi connectivity index (χ0) is 14.7. The van der Waals surface area contributed by atoms with Crippen LogP contribution in [0.1, 0.15) is 10.4 Å². The third-order valence-corrected chi connectivity index (χ3v) is 2.88. The first-order valence-electron chi connectivity index (χ1n) is 6.28. The van der Waals surface area contributed by atoms with Crippen LogP contribution in [-0.2, 0) is 0 Å². The van der Waals surface area contributed by atoms with Gasteiger partial charge in [-0.2, -0.15) is 5.10 Å². The number of nitrogens with one attached hydrogen (secondary N) is 1. The van der Waals surface area contributed by atoms with Gasteiger partial charge in [0.05, 0.1) is 23.8 Å². The molecule has 2 heterocycles. The molecule has 3 aromatic rings. The van der Waals surface area contributed by atoms with Crippen LogP contribution in [0, 0.1) is 0 Å². The van der Waals surface area contributed by atoms with Crippen molar-refractivity contribution >= 4 is 11.6 Å². The molecule has 0 aliphatic heterocycles. The first-order valence-corrected chi connectivity index (χ1v) is 6.28. The highest BCUT2D eigenvalue weighted by Crippen LogP contribution is 2.14. The van der Waals surface area contributed by atoms with Crippen molar-refractivity contribution in [1.29, 1.82) is 0 Å². The van der Waals surface area contributed by atoms with E-state index < -0.39 is 0 Å². The highest BCUT2D eigenvalue weighted by Gasteiger charge is 2.08. The molecular formula is C15H12N4O2. The predicted octanol–water partition coefficient (Wildman–Crippen LogP) is 2.23. The highest BCUT2D eigenvalue weighted by molar-refractivity contribution is 6.04. The Balaban J connectivity index is 1.77. The number of carbonyl (C=O) groups is 1. The van der Waals surface area contributed by atoms with E-state index in [4.69, 9.17) is 0 Å². The number of nitrogens with zero attached hydrogens (tertiary/aromatic N) is 3. The number of amides is 1. The smallest absolute Gasteiger partial charge is 0.255 e. The van der Waals surface area contributed by atoms with Crippen LogP contribution in [0.15, 0.2) is 61.2 Å². The summed E-state index contributed by atoms with van der Waals surface area (Å²) in [5, 5.41) is 16.3. The zero-order valence-corrected chi connectivity index (χ0v) is 11.0. The average Bonchev–Trinajstić information content (AvgIpc) is 2.97. The number of hydrogen-bond donors (Lipinski definition) is 2. The minimum absolute atomic E-state index is 0.0510. The third kappa shape index (κ3) is 2.89. The second-order valence-corrected chi connectivity index (χ2v) is 4.38. The summed E-state index contributed by atoms with van der Waals surface area (Å²) in [4.78, 5) is 16.0. The van der Waals surface area contributed by atoms with E-state index in [-0.39, 0.29) is 11.7 Å². The fraction of sp³-hybridized carbons (Fsp3) is 0. The highest BCUT2D eigenvalue weighted by atomic mass is 16.3. The van der Waals surface area contributed by atoms with E-state index in [0.29, 0.717) is 11.3 Å². The number of benzene rings is 1. The maximum atomic E-state index is 12.0. The number of aromatic nitrogens is 3. The van der Waals surface area contributed by atoms with E-state index in [1.807, 2.05) is 12.1 Å². The quantitative estimate of drug-likeness (QED) is 0.771. The van der Waals surface area contributed by atoms with E-state index in [1.165, 1.54) is 12.1 Å². The van der Waals surface area contributed by atoms with Crippen LogP contribution in [0.3, 0.4) is 0 Å². The van der Waals surface area contributed by atoms with Crippen molar-refractivity contribution < 1.29 is 9.90 Å². The molecule has 104 valence electrons. The average molecular weight is 280 g/mol. The Hall–Kier alpha value is -3.15. The van der Waals surface area contributed by atoms with Crippen LogP contribution in [0.5, 0.6) is 5.75 Å². The Kier molecular flexibility index (Phi) is 3.34. The lowest BCUT2D eigenvalue weighted by atomic mass is 10.2. The molecule has 0 unspecified atom stereocenters. The van der Waals surface area contributed by atoms with Crippen molar-refractivity contribution in [1.82, 2.24) is 14.8 Å². The number of aromatic hydroxyl groups is 1. The first kappa shape index (κ1) is 12.9. The number of rotatable bonds is 3. The number of anilines is 1. The molecule has 6 nitrogen and oxygen atoms in total. The van der Waals surface area contributed by atoms with Gasteiger partial charge in [-0.15, -0.1) is 0 Å². The van der Waals surface area contributed by atoms with Crippen molar-refractivity contribution in [2.75, 3.05) is 5.32 Å². The van der Waals surface area contributed by atoms with E-state index in [2.05, 4.69) is 15.4 Å². The van der Waals surface area contributed by atoms with Crippen molar-refractivity contribution in [2.45, 2.75) is 0 Å². The topological polar surface area (TPSA) is 80.0 Å². The summed E-state index contributed by atoms with van der Waals surface area (Å²) in [7, 11) is 0. The Labute approximate surface area is 120 Å². The molecule has 2 aromatic heterocycles. The van der Waals surface area contributed by atoms with Crippen molar-refractivity contribution in [3.8, 4) is 11.4 Å². The fourth-order valence-corrected chi connectivity index (χ4v) is 1.88. The maximum absolute atomic E-state index is 12.0. The number of hydrogen-bond acceptors (Lipinski definition) is 4. The minimum Gasteiger partial charge on any atom is -0.508 e. The molecule has 0 saturated heterocycles. The normalized spacial score (nSPS) is 10.3. The van der Waals surface area contributed by atoms with E-state index in [9.17, 15) is 9.90 Å². The summed E-state index contributed by atoms with van der Waals surface area (Å²) in [6.07, 6.45) is 6.60. The molecule has 21 heavy (non-hydrogen) atoms. The van der Waals surface area contributed by atoms with Gasteiger partial charge in [-0.25, -0.2) is 4.68 Å². The van der Waals surface area contributed by atoms with Crippen molar-refractivity contribution in [3.05, 3.63) is 66.7 Å². The number of carbonyl (C=O) groups excluding carboxylic acids is 1. The molecule has 0 aliphatic rings. The molecule has 0 saturated carbocycles. The van der Waals surface area contributed by atoms with E-state index >= 15 is 0 Å². The van der Waals surface area contributed by atoms with Crippen LogP contribution in [0.2, 0.25) is 0 Å². The Morgan fingerprint density at radius 1 is 1.19 bits per heavy atom. The zero-order valence-electron chi connectivity index (χ0n) is 11.0. The van der Waals surface area contributed by atoms with Crippen molar-refractivity contribution in [2.24, 2.45) is 0 Å². The molecule has 0 atom stereocenters. The summed E-state index contributed by atoms with van der Waals surface area (Å²) in [5.74, 6) is -0.254. The lowest BCUT2D eigenvalue weighted by Crippen LogP contribution is -2.11. The molecule has 1 aromatic carbocycles. The largest absolute Gasteiger partial charge is 0.508 e. The maximum Gasteiger partial charge on any atom is 0.255 e. The molecule has 0 aliphatic carbocycles. The number of phenols is 1. The molecule has 0 fully saturated rings. The van der Waals surface area contributed by atoms with Gasteiger partial charge in [0.25, 0.3) is 5.91 Å². The summed E-state index contributed by atoms with van der Waals surface area (Å²) < 4.78 is 1.64. The monoisotopic (exact) mass is 280 g/mol. The third-order valence-electron chi connectivity index (χ3n) is 2.88. The van der Waals surface area contributed by atoms with Crippen molar-refractivity contribution in [3.63, 3.8) is 0 Å². The lowest BCUT2D eigenvalue weighted by molar-refractivity contribution is 0.102. The van der Waals surface area contributed by atoms with Gasteiger partial charge in [-0.1, -0.05) is 6.07 Å². The van der Waals surface area contributed by atoms with Crippen LogP contribution in [0.4, 0.5) is 5.69 Å². The molecule has 2 N–H and O–H groups in total.